The summed E-state index contributed by atoms with van der Waals surface area (Å²) in [5, 5.41) is 13.9. The zero-order valence-electron chi connectivity index (χ0n) is 15.6. The molecule has 0 aliphatic carbocycles. The van der Waals surface area contributed by atoms with Crippen LogP contribution < -0.4 is 5.32 Å². The SMILES string of the molecule is O=C(Nc1ccc(-c2nnc(-c3cc4c(ccc5ccccc54)o3)o2)cc1)C(Cl)(Cl)Cl. The van der Waals surface area contributed by atoms with E-state index in [1.165, 1.54) is 0 Å². The maximum absolute atomic E-state index is 11.7. The lowest BCUT2D eigenvalue weighted by Gasteiger charge is -2.11. The summed E-state index contributed by atoms with van der Waals surface area (Å²) in [6, 6.07) is 20.6. The van der Waals surface area contributed by atoms with E-state index in [4.69, 9.17) is 43.6 Å². The monoisotopic (exact) mass is 471 g/mol. The van der Waals surface area contributed by atoms with Crippen molar-refractivity contribution in [3.63, 3.8) is 0 Å². The topological polar surface area (TPSA) is 81.2 Å². The molecule has 9 heteroatoms. The predicted octanol–water partition coefficient (Wildman–Crippen LogP) is 6.61. The molecule has 0 spiro atoms. The Morgan fingerprint density at radius 3 is 2.35 bits per heavy atom. The van der Waals surface area contributed by atoms with Gasteiger partial charge in [0, 0.05) is 16.6 Å². The highest BCUT2D eigenvalue weighted by atomic mass is 35.6. The maximum Gasteiger partial charge on any atom is 0.283 e. The van der Waals surface area contributed by atoms with Gasteiger partial charge >= 0.3 is 0 Å². The number of nitrogens with one attached hydrogen (secondary N) is 1. The number of fused-ring (bicyclic) bond motifs is 3. The molecule has 2 aromatic heterocycles. The molecule has 0 radical (unpaired) electrons. The molecule has 154 valence electrons. The number of benzene rings is 3. The van der Waals surface area contributed by atoms with Crippen molar-refractivity contribution in [2.45, 2.75) is 3.79 Å². The van der Waals surface area contributed by atoms with E-state index in [1.54, 1.807) is 24.3 Å². The van der Waals surface area contributed by atoms with Crippen molar-refractivity contribution in [3.8, 4) is 23.1 Å². The van der Waals surface area contributed by atoms with Gasteiger partial charge in [0.15, 0.2) is 5.76 Å². The molecule has 0 atom stereocenters. The number of halogens is 3. The molecule has 5 aromatic rings. The van der Waals surface area contributed by atoms with Gasteiger partial charge in [0.05, 0.1) is 0 Å². The first kappa shape index (κ1) is 19.9. The molecule has 0 unspecified atom stereocenters. The Morgan fingerprint density at radius 2 is 1.58 bits per heavy atom. The van der Waals surface area contributed by atoms with Crippen LogP contribution in [0.5, 0.6) is 0 Å². The summed E-state index contributed by atoms with van der Waals surface area (Å²) in [5.74, 6) is 0.308. The molecule has 2 heterocycles. The fraction of sp³-hybridized carbons (Fsp3) is 0.0455. The Hall–Kier alpha value is -3.06. The van der Waals surface area contributed by atoms with Crippen molar-refractivity contribution in [3.05, 3.63) is 66.7 Å². The van der Waals surface area contributed by atoms with Crippen molar-refractivity contribution in [1.82, 2.24) is 10.2 Å². The van der Waals surface area contributed by atoms with Crippen LogP contribution in [0.2, 0.25) is 0 Å². The van der Waals surface area contributed by atoms with Crippen molar-refractivity contribution in [2.75, 3.05) is 5.32 Å². The average Bonchev–Trinajstić information content (AvgIpc) is 3.41. The Labute approximate surface area is 190 Å². The second-order valence-corrected chi connectivity index (χ2v) is 9.03. The number of furan rings is 1. The van der Waals surface area contributed by atoms with Crippen molar-refractivity contribution >= 4 is 68.1 Å². The van der Waals surface area contributed by atoms with E-state index in [-0.39, 0.29) is 5.89 Å². The highest BCUT2D eigenvalue weighted by Gasteiger charge is 2.30. The summed E-state index contributed by atoms with van der Waals surface area (Å²) in [7, 11) is 0. The second-order valence-electron chi connectivity index (χ2n) is 6.75. The second kappa shape index (κ2) is 7.57. The quantitative estimate of drug-likeness (QED) is 0.299. The molecule has 0 aliphatic heterocycles. The van der Waals surface area contributed by atoms with Crippen LogP contribution >= 0.6 is 34.8 Å². The largest absolute Gasteiger partial charge is 0.451 e. The van der Waals surface area contributed by atoms with Crippen molar-refractivity contribution < 1.29 is 13.6 Å². The molecule has 6 nitrogen and oxygen atoms in total. The summed E-state index contributed by atoms with van der Waals surface area (Å²) in [5.41, 5.74) is 1.86. The van der Waals surface area contributed by atoms with Gasteiger partial charge in [-0.3, -0.25) is 4.79 Å². The highest BCUT2D eigenvalue weighted by Crippen LogP contribution is 2.33. The lowest BCUT2D eigenvalue weighted by Crippen LogP contribution is -2.26. The number of amides is 1. The van der Waals surface area contributed by atoms with Crippen LogP contribution in [-0.2, 0) is 4.79 Å². The number of rotatable bonds is 3. The van der Waals surface area contributed by atoms with Gasteiger partial charge in [0.2, 0.25) is 5.89 Å². The molecule has 5 rings (SSSR count). The third kappa shape index (κ3) is 3.85. The molecule has 0 bridgehead atoms. The smallest absolute Gasteiger partial charge is 0.283 e. The molecule has 0 fully saturated rings. The number of hydrogen-bond donors (Lipinski definition) is 1. The van der Waals surface area contributed by atoms with Gasteiger partial charge < -0.3 is 14.2 Å². The van der Waals surface area contributed by atoms with Crippen LogP contribution in [0.1, 0.15) is 0 Å². The van der Waals surface area contributed by atoms with E-state index >= 15 is 0 Å². The van der Waals surface area contributed by atoms with Gasteiger partial charge in [-0.2, -0.15) is 0 Å². The third-order valence-corrected chi connectivity index (χ3v) is 5.22. The number of carbonyl (C=O) groups excluding carboxylic acids is 1. The van der Waals surface area contributed by atoms with Crippen LogP contribution in [0.3, 0.4) is 0 Å². The van der Waals surface area contributed by atoms with E-state index in [0.29, 0.717) is 22.9 Å². The Morgan fingerprint density at radius 1 is 0.839 bits per heavy atom. The fourth-order valence-electron chi connectivity index (χ4n) is 3.24. The zero-order valence-corrected chi connectivity index (χ0v) is 17.9. The van der Waals surface area contributed by atoms with E-state index < -0.39 is 9.70 Å². The van der Waals surface area contributed by atoms with Gasteiger partial charge in [-0.25, -0.2) is 0 Å². The first-order valence-electron chi connectivity index (χ1n) is 9.12. The Balaban J connectivity index is 1.42. The highest BCUT2D eigenvalue weighted by molar-refractivity contribution is 6.76. The van der Waals surface area contributed by atoms with Crippen LogP contribution in [-0.4, -0.2) is 19.9 Å². The summed E-state index contributed by atoms with van der Waals surface area (Å²) in [6.45, 7) is 0. The Kier molecular flexibility index (Phi) is 4.85. The molecule has 1 amide bonds. The third-order valence-electron chi connectivity index (χ3n) is 4.71. The number of carbonyl (C=O) groups is 1. The molecular weight excluding hydrogens is 461 g/mol. The molecule has 3 aromatic carbocycles. The zero-order chi connectivity index (χ0) is 21.6. The molecule has 1 N–H and O–H groups in total. The summed E-state index contributed by atoms with van der Waals surface area (Å²) in [4.78, 5) is 11.7. The maximum atomic E-state index is 11.7. The standard InChI is InChI=1S/C22H12Cl3N3O3/c23-22(24,25)21(29)26-14-8-5-13(6-9-14)19-27-28-20(31-19)18-11-16-15-4-2-1-3-12(15)7-10-17(16)30-18/h1-11H,(H,26,29). The van der Waals surface area contributed by atoms with Gasteiger partial charge in [-0.15, -0.1) is 10.2 Å². The number of hydrogen-bond acceptors (Lipinski definition) is 5. The van der Waals surface area contributed by atoms with Crippen LogP contribution in [0, 0.1) is 0 Å². The van der Waals surface area contributed by atoms with Gasteiger partial charge in [-0.1, -0.05) is 65.1 Å². The number of anilines is 1. The van der Waals surface area contributed by atoms with E-state index in [2.05, 4.69) is 15.5 Å². The lowest BCUT2D eigenvalue weighted by molar-refractivity contribution is -0.115. The fourth-order valence-corrected chi connectivity index (χ4v) is 3.38. The number of nitrogens with zero attached hydrogens (tertiary/aromatic N) is 2. The van der Waals surface area contributed by atoms with Crippen LogP contribution in [0.25, 0.3) is 44.8 Å². The molecule has 0 aliphatic rings. The van der Waals surface area contributed by atoms with Gasteiger partial charge in [-0.05, 0) is 47.2 Å². The van der Waals surface area contributed by atoms with Crippen molar-refractivity contribution in [1.29, 1.82) is 0 Å². The lowest BCUT2D eigenvalue weighted by atomic mass is 10.1. The number of aromatic nitrogens is 2. The normalized spacial score (nSPS) is 11.8. The average molecular weight is 473 g/mol. The van der Waals surface area contributed by atoms with Crippen molar-refractivity contribution in [2.24, 2.45) is 0 Å². The minimum Gasteiger partial charge on any atom is -0.451 e. The summed E-state index contributed by atoms with van der Waals surface area (Å²) in [6.07, 6.45) is 0. The minimum atomic E-state index is -2.04. The van der Waals surface area contributed by atoms with E-state index in [9.17, 15) is 4.79 Å². The Bertz CT molecular complexity index is 1420. The summed E-state index contributed by atoms with van der Waals surface area (Å²) >= 11 is 16.7. The molecule has 0 saturated carbocycles. The van der Waals surface area contributed by atoms with Gasteiger partial charge in [0.1, 0.15) is 5.58 Å². The first-order chi connectivity index (χ1) is 14.9. The first-order valence-corrected chi connectivity index (χ1v) is 10.3. The minimum absolute atomic E-state index is 0.267. The predicted molar refractivity (Wildman–Crippen MR) is 121 cm³/mol. The van der Waals surface area contributed by atoms with E-state index in [0.717, 1.165) is 21.7 Å². The van der Waals surface area contributed by atoms with Crippen LogP contribution in [0.15, 0.2) is 75.6 Å². The van der Waals surface area contributed by atoms with Crippen LogP contribution in [0.4, 0.5) is 5.69 Å². The molecular formula is C22H12Cl3N3O3. The number of alkyl halides is 3. The van der Waals surface area contributed by atoms with E-state index in [1.807, 2.05) is 42.5 Å². The van der Waals surface area contributed by atoms with Gasteiger partial charge in [0.25, 0.3) is 15.6 Å². The molecule has 0 saturated heterocycles. The summed E-state index contributed by atoms with van der Waals surface area (Å²) < 4.78 is 9.69. The molecule has 31 heavy (non-hydrogen) atoms.